The first kappa shape index (κ1) is 16.3. The van der Waals surface area contributed by atoms with E-state index in [1.165, 1.54) is 0 Å². The highest BCUT2D eigenvalue weighted by Crippen LogP contribution is 1.93. The van der Waals surface area contributed by atoms with Crippen molar-refractivity contribution in [3.63, 3.8) is 0 Å². The third kappa shape index (κ3) is 10.2. The summed E-state index contributed by atoms with van der Waals surface area (Å²) in [6, 6.07) is 0. The van der Waals surface area contributed by atoms with E-state index in [1.807, 2.05) is 0 Å². The average molecular weight is 267 g/mol. The molecule has 0 amide bonds. The van der Waals surface area contributed by atoms with Crippen molar-refractivity contribution in [3.8, 4) is 0 Å². The third-order valence-corrected chi connectivity index (χ3v) is 3.23. The summed E-state index contributed by atoms with van der Waals surface area (Å²) in [5.74, 6) is -0.360. The number of rotatable bonds is 10. The summed E-state index contributed by atoms with van der Waals surface area (Å²) in [5, 5.41) is 0. The van der Waals surface area contributed by atoms with E-state index in [9.17, 15) is 13.2 Å². The lowest BCUT2D eigenvalue weighted by atomic mass is 10.3. The molecule has 0 unspecified atom stereocenters. The third-order valence-electron chi connectivity index (χ3n) is 1.89. The van der Waals surface area contributed by atoms with Crippen molar-refractivity contribution in [1.29, 1.82) is 0 Å². The van der Waals surface area contributed by atoms with Gasteiger partial charge in [-0.2, -0.15) is 0 Å². The van der Waals surface area contributed by atoms with E-state index in [0.29, 0.717) is 19.6 Å². The van der Waals surface area contributed by atoms with Crippen LogP contribution in [0.1, 0.15) is 26.7 Å². The fourth-order valence-corrected chi connectivity index (χ4v) is 2.02. The molecule has 0 aromatic heterocycles. The van der Waals surface area contributed by atoms with Crippen LogP contribution in [0.4, 0.5) is 0 Å². The van der Waals surface area contributed by atoms with Gasteiger partial charge in [0.15, 0.2) is 0 Å². The highest BCUT2D eigenvalue weighted by atomic mass is 32.2. The molecule has 0 aromatic rings. The normalized spacial score (nSPS) is 11.4. The van der Waals surface area contributed by atoms with Crippen molar-refractivity contribution in [3.05, 3.63) is 0 Å². The molecule has 0 aromatic carbocycles. The van der Waals surface area contributed by atoms with Crippen LogP contribution in [0, 0.1) is 0 Å². The van der Waals surface area contributed by atoms with Crippen molar-refractivity contribution in [2.24, 2.45) is 0 Å². The van der Waals surface area contributed by atoms with Crippen LogP contribution < -0.4 is 4.72 Å². The average Bonchev–Trinajstić information content (AvgIpc) is 2.25. The fourth-order valence-electron chi connectivity index (χ4n) is 1.08. The van der Waals surface area contributed by atoms with Crippen LogP contribution in [-0.4, -0.2) is 46.5 Å². The Morgan fingerprint density at radius 2 is 1.94 bits per heavy atom. The number of hydrogen-bond acceptors (Lipinski definition) is 5. The van der Waals surface area contributed by atoms with E-state index in [0.717, 1.165) is 0 Å². The predicted octanol–water partition coefficient (Wildman–Crippen LogP) is 0.286. The number of carbonyl (C=O) groups excluding carboxylic acids is 1. The van der Waals surface area contributed by atoms with Gasteiger partial charge in [0, 0.05) is 19.6 Å². The van der Waals surface area contributed by atoms with E-state index in [-0.39, 0.29) is 31.3 Å². The zero-order valence-electron chi connectivity index (χ0n) is 10.4. The minimum atomic E-state index is -3.29. The molecule has 0 radical (unpaired) electrons. The van der Waals surface area contributed by atoms with Gasteiger partial charge in [0.1, 0.15) is 0 Å². The summed E-state index contributed by atoms with van der Waals surface area (Å²) in [7, 11) is -3.29. The maximum atomic E-state index is 11.4. The van der Waals surface area contributed by atoms with E-state index in [2.05, 4.69) is 4.72 Å². The van der Waals surface area contributed by atoms with Crippen LogP contribution in [0.2, 0.25) is 0 Å². The maximum Gasteiger partial charge on any atom is 0.305 e. The Bertz CT molecular complexity index is 302. The fraction of sp³-hybridized carbons (Fsp3) is 0.900. The minimum absolute atomic E-state index is 0.0553. The summed E-state index contributed by atoms with van der Waals surface area (Å²) in [4.78, 5) is 11.0. The second-order valence-electron chi connectivity index (χ2n) is 3.32. The zero-order valence-corrected chi connectivity index (χ0v) is 11.2. The van der Waals surface area contributed by atoms with Gasteiger partial charge < -0.3 is 9.47 Å². The molecule has 0 saturated heterocycles. The smallest absolute Gasteiger partial charge is 0.305 e. The van der Waals surface area contributed by atoms with Crippen molar-refractivity contribution < 1.29 is 22.7 Å². The monoisotopic (exact) mass is 267 g/mol. The molecule has 0 aliphatic rings. The van der Waals surface area contributed by atoms with Crippen LogP contribution in [-0.2, 0) is 24.3 Å². The van der Waals surface area contributed by atoms with Gasteiger partial charge in [0.2, 0.25) is 10.0 Å². The lowest BCUT2D eigenvalue weighted by molar-refractivity contribution is -0.143. The maximum absolute atomic E-state index is 11.4. The van der Waals surface area contributed by atoms with E-state index >= 15 is 0 Å². The Morgan fingerprint density at radius 1 is 1.24 bits per heavy atom. The van der Waals surface area contributed by atoms with Crippen molar-refractivity contribution >= 4 is 16.0 Å². The molecule has 0 atom stereocenters. The predicted molar refractivity (Wildman–Crippen MR) is 64.1 cm³/mol. The number of hydrogen-bond donors (Lipinski definition) is 1. The highest BCUT2D eigenvalue weighted by molar-refractivity contribution is 7.89. The van der Waals surface area contributed by atoms with Gasteiger partial charge in [-0.05, 0) is 20.3 Å². The molecule has 0 aliphatic heterocycles. The molecular weight excluding hydrogens is 246 g/mol. The van der Waals surface area contributed by atoms with Gasteiger partial charge in [0.05, 0.1) is 19.0 Å². The summed E-state index contributed by atoms with van der Waals surface area (Å²) < 4.78 is 34.8. The number of sulfonamides is 1. The molecule has 0 spiro atoms. The molecule has 1 N–H and O–H groups in total. The molecule has 0 fully saturated rings. The van der Waals surface area contributed by atoms with Gasteiger partial charge in [-0.1, -0.05) is 0 Å². The van der Waals surface area contributed by atoms with Gasteiger partial charge in [-0.3, -0.25) is 4.79 Å². The lowest BCUT2D eigenvalue weighted by Gasteiger charge is -2.06. The number of nitrogens with one attached hydrogen (secondary N) is 1. The van der Waals surface area contributed by atoms with Crippen LogP contribution in [0.5, 0.6) is 0 Å². The van der Waals surface area contributed by atoms with E-state index < -0.39 is 10.0 Å². The second-order valence-corrected chi connectivity index (χ2v) is 5.25. The van der Waals surface area contributed by atoms with Crippen LogP contribution in [0.15, 0.2) is 0 Å². The first-order valence-electron chi connectivity index (χ1n) is 5.72. The summed E-state index contributed by atoms with van der Waals surface area (Å²) in [5.41, 5.74) is 0. The van der Waals surface area contributed by atoms with E-state index in [1.54, 1.807) is 13.8 Å². The Kier molecular flexibility index (Phi) is 9.01. The van der Waals surface area contributed by atoms with Gasteiger partial charge in [0.25, 0.3) is 0 Å². The first-order chi connectivity index (χ1) is 8.02. The number of ether oxygens (including phenoxy) is 2. The Labute approximate surface area is 103 Å². The Morgan fingerprint density at radius 3 is 2.53 bits per heavy atom. The highest BCUT2D eigenvalue weighted by Gasteiger charge is 2.09. The molecular formula is C10H21NO5S. The zero-order chi connectivity index (χ0) is 13.1. The number of esters is 1. The second kappa shape index (κ2) is 9.38. The first-order valence-corrected chi connectivity index (χ1v) is 7.37. The van der Waals surface area contributed by atoms with Crippen LogP contribution in [0.25, 0.3) is 0 Å². The Balaban J connectivity index is 3.62. The summed E-state index contributed by atoms with van der Waals surface area (Å²) in [6.45, 7) is 4.81. The van der Waals surface area contributed by atoms with Crippen molar-refractivity contribution in [2.75, 3.05) is 32.1 Å². The van der Waals surface area contributed by atoms with Gasteiger partial charge >= 0.3 is 5.97 Å². The lowest BCUT2D eigenvalue weighted by Crippen LogP contribution is -2.29. The van der Waals surface area contributed by atoms with Gasteiger partial charge in [-0.15, -0.1) is 0 Å². The molecule has 0 aliphatic carbocycles. The number of carbonyl (C=O) groups is 1. The minimum Gasteiger partial charge on any atom is -0.466 e. The molecule has 7 heteroatoms. The quantitative estimate of drug-likeness (QED) is 0.454. The van der Waals surface area contributed by atoms with Gasteiger partial charge in [-0.25, -0.2) is 13.1 Å². The molecule has 17 heavy (non-hydrogen) atoms. The molecule has 0 bridgehead atoms. The SMILES string of the molecule is CCOCCS(=O)(=O)NCCCC(=O)OCC. The van der Waals surface area contributed by atoms with Crippen LogP contribution in [0.3, 0.4) is 0 Å². The topological polar surface area (TPSA) is 81.7 Å². The summed E-state index contributed by atoms with van der Waals surface area (Å²) in [6.07, 6.45) is 0.661. The van der Waals surface area contributed by atoms with Crippen molar-refractivity contribution in [2.45, 2.75) is 26.7 Å². The molecule has 0 rings (SSSR count). The Hall–Kier alpha value is -0.660. The van der Waals surface area contributed by atoms with E-state index in [4.69, 9.17) is 9.47 Å². The summed E-state index contributed by atoms with van der Waals surface area (Å²) >= 11 is 0. The molecule has 6 nitrogen and oxygen atoms in total. The van der Waals surface area contributed by atoms with Crippen LogP contribution >= 0.6 is 0 Å². The standard InChI is InChI=1S/C10H21NO5S/c1-3-15-8-9-17(13,14)11-7-5-6-10(12)16-4-2/h11H,3-9H2,1-2H3. The molecule has 102 valence electrons. The largest absolute Gasteiger partial charge is 0.466 e. The van der Waals surface area contributed by atoms with Crippen molar-refractivity contribution in [1.82, 2.24) is 4.72 Å². The molecule has 0 saturated carbocycles. The molecule has 0 heterocycles.